The summed E-state index contributed by atoms with van der Waals surface area (Å²) in [5, 5.41) is 0. The van der Waals surface area contributed by atoms with Gasteiger partial charge in [-0.1, -0.05) is 62.2 Å². The number of benzene rings is 1. The van der Waals surface area contributed by atoms with Crippen molar-refractivity contribution in [2.24, 2.45) is 5.92 Å². The minimum absolute atomic E-state index is 0.272. The zero-order valence-corrected chi connectivity index (χ0v) is 11.6. The second-order valence-corrected chi connectivity index (χ2v) is 5.24. The summed E-state index contributed by atoms with van der Waals surface area (Å²) in [6, 6.07) is 10.2. The molecule has 0 aromatic heterocycles. The fourth-order valence-corrected chi connectivity index (χ4v) is 2.49. The van der Waals surface area contributed by atoms with Gasteiger partial charge >= 0.3 is 0 Å². The summed E-state index contributed by atoms with van der Waals surface area (Å²) in [5.74, 6) is 0.598. The van der Waals surface area contributed by atoms with E-state index < -0.39 is 0 Å². The zero-order valence-electron chi connectivity index (χ0n) is 11.6. The van der Waals surface area contributed by atoms with Crippen molar-refractivity contribution in [2.75, 3.05) is 0 Å². The van der Waals surface area contributed by atoms with E-state index in [0.717, 1.165) is 19.3 Å². The van der Waals surface area contributed by atoms with Crippen LogP contribution in [0.4, 0.5) is 0 Å². The Morgan fingerprint density at radius 1 is 1.21 bits per heavy atom. The molecule has 1 aromatic carbocycles. The van der Waals surface area contributed by atoms with Gasteiger partial charge in [0.2, 0.25) is 0 Å². The first-order chi connectivity index (χ1) is 9.29. The average molecular weight is 254 g/mol. The number of allylic oxidation sites excluding steroid dienone is 3. The third-order valence-corrected chi connectivity index (χ3v) is 3.71. The number of hydrogen-bond donors (Lipinski definition) is 0. The number of unbranched alkanes of at least 4 members (excludes halogenated alkanes) is 1. The molecule has 0 radical (unpaired) electrons. The van der Waals surface area contributed by atoms with E-state index in [1.54, 1.807) is 0 Å². The third kappa shape index (κ3) is 4.20. The first-order valence-electron chi connectivity index (χ1n) is 7.27. The predicted octanol–water partition coefficient (Wildman–Crippen LogP) is 4.80. The Labute approximate surface area is 116 Å². The monoisotopic (exact) mass is 254 g/mol. The fourth-order valence-electron chi connectivity index (χ4n) is 2.49. The summed E-state index contributed by atoms with van der Waals surface area (Å²) in [4.78, 5) is 12.0. The van der Waals surface area contributed by atoms with Crippen LogP contribution in [0.15, 0.2) is 48.1 Å². The quantitative estimate of drug-likeness (QED) is 0.738. The van der Waals surface area contributed by atoms with Gasteiger partial charge in [-0.05, 0) is 36.5 Å². The molecule has 0 spiro atoms. The molecule has 1 aliphatic carbocycles. The number of ketones is 1. The van der Waals surface area contributed by atoms with Crippen LogP contribution in [0.3, 0.4) is 0 Å². The molecule has 2 rings (SSSR count). The first kappa shape index (κ1) is 13.8. The molecule has 0 bridgehead atoms. The van der Waals surface area contributed by atoms with E-state index >= 15 is 0 Å². The van der Waals surface area contributed by atoms with E-state index in [2.05, 4.69) is 31.2 Å². The molecular formula is C18H22O. The number of carbonyl (C=O) groups excluding carboxylic acids is 1. The van der Waals surface area contributed by atoms with E-state index in [1.807, 2.05) is 24.3 Å². The normalized spacial score (nSPS) is 19.7. The second kappa shape index (κ2) is 7.08. The minimum Gasteiger partial charge on any atom is -0.295 e. The topological polar surface area (TPSA) is 17.1 Å². The maximum absolute atomic E-state index is 12.0. The lowest BCUT2D eigenvalue weighted by Gasteiger charge is -2.19. The molecule has 0 N–H and O–H groups in total. The van der Waals surface area contributed by atoms with Crippen LogP contribution < -0.4 is 0 Å². The second-order valence-electron chi connectivity index (χ2n) is 5.24. The SMILES string of the molecule is CCCCC1CCC(C=Cc2ccccc2)=CC1=O. The van der Waals surface area contributed by atoms with Crippen molar-refractivity contribution in [3.63, 3.8) is 0 Å². The van der Waals surface area contributed by atoms with Crippen molar-refractivity contribution in [3.05, 3.63) is 53.6 Å². The number of carbonyl (C=O) groups is 1. The number of rotatable bonds is 5. The van der Waals surface area contributed by atoms with Crippen molar-refractivity contribution < 1.29 is 4.79 Å². The Morgan fingerprint density at radius 3 is 2.68 bits per heavy atom. The molecule has 1 unspecified atom stereocenters. The van der Waals surface area contributed by atoms with Gasteiger partial charge in [-0.3, -0.25) is 4.79 Å². The lowest BCUT2D eigenvalue weighted by Crippen LogP contribution is -2.16. The molecule has 100 valence electrons. The van der Waals surface area contributed by atoms with Crippen molar-refractivity contribution in [1.29, 1.82) is 0 Å². The largest absolute Gasteiger partial charge is 0.295 e. The van der Waals surface area contributed by atoms with Crippen LogP contribution in [0.5, 0.6) is 0 Å². The summed E-state index contributed by atoms with van der Waals surface area (Å²) in [6.45, 7) is 2.18. The molecule has 1 aliphatic rings. The van der Waals surface area contributed by atoms with E-state index in [9.17, 15) is 4.79 Å². The van der Waals surface area contributed by atoms with Gasteiger partial charge in [-0.25, -0.2) is 0 Å². The molecule has 19 heavy (non-hydrogen) atoms. The molecule has 0 saturated carbocycles. The van der Waals surface area contributed by atoms with Gasteiger partial charge in [-0.2, -0.15) is 0 Å². The highest BCUT2D eigenvalue weighted by atomic mass is 16.1. The smallest absolute Gasteiger partial charge is 0.159 e. The predicted molar refractivity (Wildman–Crippen MR) is 80.8 cm³/mol. The Bertz CT molecular complexity index is 468. The minimum atomic E-state index is 0.272. The summed E-state index contributed by atoms with van der Waals surface area (Å²) in [5.41, 5.74) is 2.35. The summed E-state index contributed by atoms with van der Waals surface area (Å²) < 4.78 is 0. The Kier molecular flexibility index (Phi) is 5.14. The Morgan fingerprint density at radius 2 is 2.00 bits per heavy atom. The van der Waals surface area contributed by atoms with Gasteiger partial charge in [0.15, 0.2) is 5.78 Å². The summed E-state index contributed by atoms with van der Waals surface area (Å²) in [7, 11) is 0. The van der Waals surface area contributed by atoms with Crippen LogP contribution in [0.25, 0.3) is 6.08 Å². The molecule has 1 heteroatoms. The summed E-state index contributed by atoms with van der Waals surface area (Å²) in [6.07, 6.45) is 11.5. The fraction of sp³-hybridized carbons (Fsp3) is 0.389. The maximum atomic E-state index is 12.0. The van der Waals surface area contributed by atoms with Crippen molar-refractivity contribution in [1.82, 2.24) is 0 Å². The Hall–Kier alpha value is -1.63. The van der Waals surface area contributed by atoms with Gasteiger partial charge in [0.1, 0.15) is 0 Å². The average Bonchev–Trinajstić information content (AvgIpc) is 2.45. The van der Waals surface area contributed by atoms with Gasteiger partial charge < -0.3 is 0 Å². The highest BCUT2D eigenvalue weighted by Gasteiger charge is 2.20. The molecule has 0 heterocycles. The third-order valence-electron chi connectivity index (χ3n) is 3.71. The van der Waals surface area contributed by atoms with Crippen molar-refractivity contribution in [3.8, 4) is 0 Å². The number of hydrogen-bond acceptors (Lipinski definition) is 1. The molecule has 1 aromatic rings. The highest BCUT2D eigenvalue weighted by molar-refractivity contribution is 5.93. The van der Waals surface area contributed by atoms with E-state index in [0.29, 0.717) is 5.78 Å². The van der Waals surface area contributed by atoms with Crippen molar-refractivity contribution in [2.45, 2.75) is 39.0 Å². The molecule has 0 amide bonds. The van der Waals surface area contributed by atoms with E-state index in [-0.39, 0.29) is 5.92 Å². The molecule has 1 nitrogen and oxygen atoms in total. The maximum Gasteiger partial charge on any atom is 0.159 e. The molecule has 0 fully saturated rings. The van der Waals surface area contributed by atoms with Gasteiger partial charge in [0.25, 0.3) is 0 Å². The summed E-state index contributed by atoms with van der Waals surface area (Å²) >= 11 is 0. The van der Waals surface area contributed by atoms with Crippen LogP contribution in [0, 0.1) is 5.92 Å². The van der Waals surface area contributed by atoms with E-state index in [1.165, 1.54) is 24.0 Å². The molecular weight excluding hydrogens is 232 g/mol. The first-order valence-corrected chi connectivity index (χ1v) is 7.27. The van der Waals surface area contributed by atoms with Crippen molar-refractivity contribution >= 4 is 11.9 Å². The Balaban J connectivity index is 1.96. The van der Waals surface area contributed by atoms with E-state index in [4.69, 9.17) is 0 Å². The van der Waals surface area contributed by atoms with Gasteiger partial charge in [0.05, 0.1) is 0 Å². The van der Waals surface area contributed by atoms with Crippen LogP contribution in [-0.4, -0.2) is 5.78 Å². The lowest BCUT2D eigenvalue weighted by molar-refractivity contribution is -0.119. The highest BCUT2D eigenvalue weighted by Crippen LogP contribution is 2.26. The lowest BCUT2D eigenvalue weighted by atomic mass is 9.85. The van der Waals surface area contributed by atoms with Crippen LogP contribution in [-0.2, 0) is 4.79 Å². The van der Waals surface area contributed by atoms with Crippen LogP contribution in [0.2, 0.25) is 0 Å². The van der Waals surface area contributed by atoms with Crippen LogP contribution >= 0.6 is 0 Å². The molecule has 0 saturated heterocycles. The van der Waals surface area contributed by atoms with Crippen LogP contribution in [0.1, 0.15) is 44.6 Å². The van der Waals surface area contributed by atoms with Gasteiger partial charge in [0, 0.05) is 5.92 Å². The molecule has 0 aliphatic heterocycles. The zero-order chi connectivity index (χ0) is 13.5. The van der Waals surface area contributed by atoms with Gasteiger partial charge in [-0.15, -0.1) is 0 Å². The standard InChI is InChI=1S/C18H22O/c1-2-3-9-17-13-12-16(14-18(17)19)11-10-15-7-5-4-6-8-15/h4-8,10-11,14,17H,2-3,9,12-13H2,1H3. The molecule has 1 atom stereocenters.